The van der Waals surface area contributed by atoms with Crippen molar-refractivity contribution >= 4 is 5.78 Å². The summed E-state index contributed by atoms with van der Waals surface area (Å²) in [7, 11) is 0. The van der Waals surface area contributed by atoms with Crippen LogP contribution in [0.2, 0.25) is 0 Å². The summed E-state index contributed by atoms with van der Waals surface area (Å²) in [4.78, 5) is 13.9. The van der Waals surface area contributed by atoms with Crippen molar-refractivity contribution in [3.8, 4) is 0 Å². The van der Waals surface area contributed by atoms with E-state index in [1.165, 1.54) is 25.9 Å². The molecule has 2 aliphatic rings. The van der Waals surface area contributed by atoms with Gasteiger partial charge in [0.05, 0.1) is 19.1 Å². The van der Waals surface area contributed by atoms with Gasteiger partial charge in [0, 0.05) is 13.0 Å². The second kappa shape index (κ2) is 4.20. The fourth-order valence-corrected chi connectivity index (χ4v) is 2.13. The van der Waals surface area contributed by atoms with Gasteiger partial charge in [-0.3, -0.25) is 4.79 Å². The molecule has 0 radical (unpaired) electrons. The molecule has 0 bridgehead atoms. The Hall–Kier alpha value is -0.410. The number of ketones is 1. The van der Waals surface area contributed by atoms with Gasteiger partial charge in [-0.15, -0.1) is 0 Å². The van der Waals surface area contributed by atoms with E-state index in [1.807, 2.05) is 0 Å². The van der Waals surface area contributed by atoms with Crippen molar-refractivity contribution in [2.75, 3.05) is 32.8 Å². The Kier molecular flexibility index (Phi) is 2.96. The lowest BCUT2D eigenvalue weighted by Crippen LogP contribution is -2.37. The summed E-state index contributed by atoms with van der Waals surface area (Å²) in [6, 6.07) is 0. The maximum atomic E-state index is 11.5. The number of carbonyl (C=O) groups excluding carboxylic acids is 1. The monoisotopic (exact) mass is 183 g/mol. The number of hydrogen-bond donors (Lipinski definition) is 0. The lowest BCUT2D eigenvalue weighted by Gasteiger charge is -2.25. The molecule has 74 valence electrons. The van der Waals surface area contributed by atoms with Gasteiger partial charge >= 0.3 is 0 Å². The molecule has 2 aliphatic heterocycles. The first-order chi connectivity index (χ1) is 6.36. The normalized spacial score (nSPS) is 31.1. The first kappa shape index (κ1) is 9.16. The second-order valence-electron chi connectivity index (χ2n) is 4.00. The van der Waals surface area contributed by atoms with Crippen LogP contribution in [0.15, 0.2) is 0 Å². The van der Waals surface area contributed by atoms with Gasteiger partial charge in [-0.2, -0.15) is 0 Å². The molecule has 0 spiro atoms. The quantitative estimate of drug-likeness (QED) is 0.630. The summed E-state index contributed by atoms with van der Waals surface area (Å²) < 4.78 is 5.32. The number of likely N-dealkylation sites (tertiary alicyclic amines) is 1. The third kappa shape index (κ3) is 2.29. The molecule has 0 aliphatic carbocycles. The van der Waals surface area contributed by atoms with E-state index in [-0.39, 0.29) is 5.92 Å². The zero-order valence-corrected chi connectivity index (χ0v) is 8.00. The number of rotatable bonds is 2. The molecule has 2 rings (SSSR count). The predicted molar refractivity (Wildman–Crippen MR) is 49.6 cm³/mol. The number of hydrogen-bond acceptors (Lipinski definition) is 3. The summed E-state index contributed by atoms with van der Waals surface area (Å²) in [5.74, 6) is 0.560. The molecule has 0 saturated carbocycles. The molecule has 3 heteroatoms. The van der Waals surface area contributed by atoms with Crippen LogP contribution in [-0.4, -0.2) is 43.5 Å². The summed E-state index contributed by atoms with van der Waals surface area (Å²) >= 11 is 0. The molecule has 0 aromatic heterocycles. The third-order valence-electron chi connectivity index (χ3n) is 2.94. The van der Waals surface area contributed by atoms with E-state index in [2.05, 4.69) is 4.90 Å². The Morgan fingerprint density at radius 2 is 2.15 bits per heavy atom. The summed E-state index contributed by atoms with van der Waals surface area (Å²) in [6.45, 7) is 4.55. The van der Waals surface area contributed by atoms with Gasteiger partial charge in [-0.1, -0.05) is 0 Å². The van der Waals surface area contributed by atoms with E-state index in [1.54, 1.807) is 0 Å². The van der Waals surface area contributed by atoms with Gasteiger partial charge in [-0.25, -0.2) is 0 Å². The van der Waals surface area contributed by atoms with Gasteiger partial charge < -0.3 is 9.64 Å². The highest BCUT2D eigenvalue weighted by molar-refractivity contribution is 5.82. The highest BCUT2D eigenvalue weighted by atomic mass is 16.5. The Labute approximate surface area is 79.0 Å². The van der Waals surface area contributed by atoms with E-state index in [9.17, 15) is 4.79 Å². The lowest BCUT2D eigenvalue weighted by molar-refractivity contribution is -0.131. The molecule has 2 saturated heterocycles. The largest absolute Gasteiger partial charge is 0.380 e. The molecule has 2 fully saturated rings. The molecule has 1 atom stereocenters. The van der Waals surface area contributed by atoms with Gasteiger partial charge in [0.25, 0.3) is 0 Å². The average molecular weight is 183 g/mol. The van der Waals surface area contributed by atoms with E-state index < -0.39 is 0 Å². The molecule has 0 amide bonds. The van der Waals surface area contributed by atoms with Crippen LogP contribution in [-0.2, 0) is 9.53 Å². The molecule has 0 unspecified atom stereocenters. The summed E-state index contributed by atoms with van der Waals surface area (Å²) in [6.07, 6.45) is 3.21. The maximum absolute atomic E-state index is 11.5. The number of Topliss-reactive ketones (excluding diaryl/α,β-unsaturated/α-hetero) is 1. The molecule has 0 N–H and O–H groups in total. The summed E-state index contributed by atoms with van der Waals surface area (Å²) in [5, 5.41) is 0. The smallest absolute Gasteiger partial charge is 0.141 e. The second-order valence-corrected chi connectivity index (χ2v) is 4.00. The van der Waals surface area contributed by atoms with Crippen LogP contribution in [0.5, 0.6) is 0 Å². The topological polar surface area (TPSA) is 29.5 Å². The minimum Gasteiger partial charge on any atom is -0.380 e. The Bertz CT molecular complexity index is 187. The minimum atomic E-state index is 0.159. The van der Waals surface area contributed by atoms with Crippen molar-refractivity contribution in [3.63, 3.8) is 0 Å². The number of ether oxygens (including phenoxy) is 1. The van der Waals surface area contributed by atoms with Crippen molar-refractivity contribution in [3.05, 3.63) is 0 Å². The van der Waals surface area contributed by atoms with Gasteiger partial charge in [0.1, 0.15) is 5.78 Å². The zero-order valence-electron chi connectivity index (χ0n) is 8.00. The Balaban J connectivity index is 1.81. The lowest BCUT2D eigenvalue weighted by atomic mass is 10.0. The van der Waals surface area contributed by atoms with Crippen LogP contribution in [0.3, 0.4) is 0 Å². The van der Waals surface area contributed by atoms with Gasteiger partial charge in [-0.05, 0) is 25.9 Å². The standard InChI is InChI=1S/C10H17NO2/c12-10-3-6-13-8-9(10)7-11-4-1-2-5-11/h9H,1-8H2/t9-/m0/s1. The van der Waals surface area contributed by atoms with Crippen molar-refractivity contribution < 1.29 is 9.53 Å². The fraction of sp³-hybridized carbons (Fsp3) is 0.900. The van der Waals surface area contributed by atoms with Crippen LogP contribution >= 0.6 is 0 Å². The van der Waals surface area contributed by atoms with E-state index in [0.717, 1.165) is 6.54 Å². The Morgan fingerprint density at radius 1 is 1.38 bits per heavy atom. The van der Waals surface area contributed by atoms with Crippen LogP contribution < -0.4 is 0 Å². The third-order valence-corrected chi connectivity index (χ3v) is 2.94. The van der Waals surface area contributed by atoms with E-state index >= 15 is 0 Å². The van der Waals surface area contributed by atoms with E-state index in [4.69, 9.17) is 4.74 Å². The Morgan fingerprint density at radius 3 is 2.85 bits per heavy atom. The number of carbonyl (C=O) groups is 1. The number of nitrogens with zero attached hydrogens (tertiary/aromatic N) is 1. The molecule has 2 heterocycles. The van der Waals surface area contributed by atoms with Crippen LogP contribution in [0, 0.1) is 5.92 Å². The SMILES string of the molecule is O=C1CCOC[C@@H]1CN1CCCC1. The van der Waals surface area contributed by atoms with Crippen molar-refractivity contribution in [1.82, 2.24) is 4.90 Å². The average Bonchev–Trinajstić information content (AvgIpc) is 2.61. The molecule has 13 heavy (non-hydrogen) atoms. The highest BCUT2D eigenvalue weighted by Gasteiger charge is 2.25. The molecule has 0 aromatic rings. The zero-order chi connectivity index (χ0) is 9.10. The van der Waals surface area contributed by atoms with E-state index in [0.29, 0.717) is 25.4 Å². The van der Waals surface area contributed by atoms with Crippen LogP contribution in [0.25, 0.3) is 0 Å². The molecular formula is C10H17NO2. The first-order valence-electron chi connectivity index (χ1n) is 5.19. The minimum absolute atomic E-state index is 0.159. The fourth-order valence-electron chi connectivity index (χ4n) is 2.13. The maximum Gasteiger partial charge on any atom is 0.141 e. The van der Waals surface area contributed by atoms with Crippen LogP contribution in [0.1, 0.15) is 19.3 Å². The van der Waals surface area contributed by atoms with Gasteiger partial charge in [0.15, 0.2) is 0 Å². The van der Waals surface area contributed by atoms with Crippen molar-refractivity contribution in [2.24, 2.45) is 5.92 Å². The summed E-state index contributed by atoms with van der Waals surface area (Å²) in [5.41, 5.74) is 0. The molecule has 0 aromatic carbocycles. The molecule has 3 nitrogen and oxygen atoms in total. The van der Waals surface area contributed by atoms with Crippen molar-refractivity contribution in [2.45, 2.75) is 19.3 Å². The van der Waals surface area contributed by atoms with Crippen LogP contribution in [0.4, 0.5) is 0 Å². The molecular weight excluding hydrogens is 166 g/mol. The van der Waals surface area contributed by atoms with Gasteiger partial charge in [0.2, 0.25) is 0 Å². The first-order valence-corrected chi connectivity index (χ1v) is 5.19. The predicted octanol–water partition coefficient (Wildman–Crippen LogP) is 0.688. The highest BCUT2D eigenvalue weighted by Crippen LogP contribution is 2.15. The van der Waals surface area contributed by atoms with Crippen molar-refractivity contribution in [1.29, 1.82) is 0 Å².